The van der Waals surface area contributed by atoms with Gasteiger partial charge in [-0.05, 0) is 31.1 Å². The third kappa shape index (κ3) is 1.33. The number of hydrogen-bond acceptors (Lipinski definition) is 1. The van der Waals surface area contributed by atoms with Crippen molar-refractivity contribution >= 4 is 5.78 Å². The van der Waals surface area contributed by atoms with Gasteiger partial charge in [-0.2, -0.15) is 0 Å². The lowest BCUT2D eigenvalue weighted by Gasteiger charge is -2.13. The first-order chi connectivity index (χ1) is 5.77. The first-order valence-corrected chi connectivity index (χ1v) is 4.98. The van der Waals surface area contributed by atoms with E-state index >= 15 is 0 Å². The zero-order chi connectivity index (χ0) is 8.55. The second-order valence-electron chi connectivity index (χ2n) is 4.18. The average Bonchev–Trinajstić information content (AvgIpc) is 2.31. The molecule has 2 aliphatic rings. The van der Waals surface area contributed by atoms with Crippen LogP contribution in [-0.2, 0) is 4.79 Å². The molecule has 1 heteroatoms. The lowest BCUT2D eigenvalue weighted by molar-refractivity contribution is -0.119. The van der Waals surface area contributed by atoms with E-state index in [1.807, 2.05) is 0 Å². The summed E-state index contributed by atoms with van der Waals surface area (Å²) in [7, 11) is 0. The number of allylic oxidation sites excluding steroid dienone is 2. The fourth-order valence-corrected chi connectivity index (χ4v) is 2.50. The molecule has 0 radical (unpaired) electrons. The van der Waals surface area contributed by atoms with Crippen LogP contribution in [0.15, 0.2) is 11.6 Å². The minimum atomic E-state index is 0.472. The standard InChI is InChI=1S/C11H16O/c1-8-5-6-9-3-2-4-10(12)7-11(8)9/h3,8,11H,2,4-7H2,1H3/t8-,11?/m0/s1. The van der Waals surface area contributed by atoms with Gasteiger partial charge in [-0.25, -0.2) is 0 Å². The van der Waals surface area contributed by atoms with Crippen LogP contribution in [0.2, 0.25) is 0 Å². The van der Waals surface area contributed by atoms with E-state index in [-0.39, 0.29) is 0 Å². The molecule has 1 saturated carbocycles. The average molecular weight is 164 g/mol. The van der Waals surface area contributed by atoms with Crippen LogP contribution < -0.4 is 0 Å². The van der Waals surface area contributed by atoms with Gasteiger partial charge in [0.15, 0.2) is 0 Å². The van der Waals surface area contributed by atoms with Crippen LogP contribution in [0.4, 0.5) is 0 Å². The molecule has 0 heterocycles. The van der Waals surface area contributed by atoms with E-state index in [1.54, 1.807) is 5.57 Å². The SMILES string of the molecule is C[C@H]1CCC2=CCCC(=O)CC21. The minimum Gasteiger partial charge on any atom is -0.300 e. The summed E-state index contributed by atoms with van der Waals surface area (Å²) in [6.07, 6.45) is 7.47. The molecule has 12 heavy (non-hydrogen) atoms. The van der Waals surface area contributed by atoms with Gasteiger partial charge in [0, 0.05) is 12.8 Å². The van der Waals surface area contributed by atoms with E-state index in [1.165, 1.54) is 12.8 Å². The molecule has 2 aliphatic carbocycles. The molecule has 0 aromatic heterocycles. The van der Waals surface area contributed by atoms with E-state index < -0.39 is 0 Å². The Labute approximate surface area is 73.8 Å². The normalized spacial score (nSPS) is 35.8. The van der Waals surface area contributed by atoms with Crippen molar-refractivity contribution in [3.63, 3.8) is 0 Å². The van der Waals surface area contributed by atoms with Crippen molar-refractivity contribution in [1.29, 1.82) is 0 Å². The molecule has 1 nitrogen and oxygen atoms in total. The lowest BCUT2D eigenvalue weighted by Crippen LogP contribution is -2.10. The summed E-state index contributed by atoms with van der Waals surface area (Å²) in [5.74, 6) is 1.83. The molecule has 0 N–H and O–H groups in total. The van der Waals surface area contributed by atoms with Gasteiger partial charge in [0.1, 0.15) is 5.78 Å². The second-order valence-corrected chi connectivity index (χ2v) is 4.18. The maximum absolute atomic E-state index is 11.3. The molecule has 0 aromatic carbocycles. The van der Waals surface area contributed by atoms with Gasteiger partial charge < -0.3 is 0 Å². The quantitative estimate of drug-likeness (QED) is 0.503. The van der Waals surface area contributed by atoms with Gasteiger partial charge in [0.2, 0.25) is 0 Å². The summed E-state index contributed by atoms with van der Waals surface area (Å²) >= 11 is 0. The summed E-state index contributed by atoms with van der Waals surface area (Å²) in [6, 6.07) is 0. The van der Waals surface area contributed by atoms with E-state index in [0.29, 0.717) is 11.7 Å². The molecule has 2 atom stereocenters. The molecule has 0 aromatic rings. The van der Waals surface area contributed by atoms with E-state index in [4.69, 9.17) is 0 Å². The van der Waals surface area contributed by atoms with Crippen molar-refractivity contribution in [2.75, 3.05) is 0 Å². The molecule has 2 rings (SSSR count). The predicted molar refractivity (Wildman–Crippen MR) is 48.8 cm³/mol. The Balaban J connectivity index is 2.19. The van der Waals surface area contributed by atoms with Gasteiger partial charge in [-0.15, -0.1) is 0 Å². The number of ketones is 1. The lowest BCUT2D eigenvalue weighted by atomic mass is 9.91. The monoisotopic (exact) mass is 164 g/mol. The van der Waals surface area contributed by atoms with Crippen molar-refractivity contribution < 1.29 is 4.79 Å². The first-order valence-electron chi connectivity index (χ1n) is 4.98. The molecule has 66 valence electrons. The maximum atomic E-state index is 11.3. The summed E-state index contributed by atoms with van der Waals surface area (Å²) < 4.78 is 0. The zero-order valence-corrected chi connectivity index (χ0v) is 7.68. The van der Waals surface area contributed by atoms with Crippen LogP contribution in [0, 0.1) is 11.8 Å². The van der Waals surface area contributed by atoms with Crippen LogP contribution >= 0.6 is 0 Å². The predicted octanol–water partition coefficient (Wildman–Crippen LogP) is 2.71. The van der Waals surface area contributed by atoms with Gasteiger partial charge in [-0.3, -0.25) is 4.79 Å². The van der Waals surface area contributed by atoms with Crippen molar-refractivity contribution in [3.05, 3.63) is 11.6 Å². The van der Waals surface area contributed by atoms with Crippen molar-refractivity contribution in [2.45, 2.75) is 39.0 Å². The molecule has 0 spiro atoms. The van der Waals surface area contributed by atoms with Crippen LogP contribution in [0.5, 0.6) is 0 Å². The van der Waals surface area contributed by atoms with Crippen molar-refractivity contribution in [1.82, 2.24) is 0 Å². The summed E-state index contributed by atoms with van der Waals surface area (Å²) in [5.41, 5.74) is 1.58. The van der Waals surface area contributed by atoms with Gasteiger partial charge in [-0.1, -0.05) is 18.6 Å². The van der Waals surface area contributed by atoms with Crippen LogP contribution in [0.1, 0.15) is 39.0 Å². The fourth-order valence-electron chi connectivity index (χ4n) is 2.50. The number of carbonyl (C=O) groups excluding carboxylic acids is 1. The Bertz CT molecular complexity index is 227. The minimum absolute atomic E-state index is 0.472. The number of rotatable bonds is 0. The summed E-state index contributed by atoms with van der Waals surface area (Å²) in [5, 5.41) is 0. The fraction of sp³-hybridized carbons (Fsp3) is 0.727. The molecular weight excluding hydrogens is 148 g/mol. The van der Waals surface area contributed by atoms with Crippen LogP contribution in [-0.4, -0.2) is 5.78 Å². The molecule has 0 amide bonds. The van der Waals surface area contributed by atoms with E-state index in [2.05, 4.69) is 13.0 Å². The highest BCUT2D eigenvalue weighted by Crippen LogP contribution is 2.40. The number of Topliss-reactive ketones (excluding diaryl/α,β-unsaturated/α-hetero) is 1. The molecule has 0 saturated heterocycles. The van der Waals surface area contributed by atoms with Gasteiger partial charge in [0.25, 0.3) is 0 Å². The first kappa shape index (κ1) is 8.03. The number of hydrogen-bond donors (Lipinski definition) is 0. The maximum Gasteiger partial charge on any atom is 0.133 e. The number of fused-ring (bicyclic) bond motifs is 1. The highest BCUT2D eigenvalue weighted by atomic mass is 16.1. The molecule has 0 aliphatic heterocycles. The molecular formula is C11H16O. The molecule has 0 bridgehead atoms. The molecule has 1 fully saturated rings. The Morgan fingerprint density at radius 1 is 1.42 bits per heavy atom. The highest BCUT2D eigenvalue weighted by Gasteiger charge is 2.30. The Hall–Kier alpha value is -0.590. The van der Waals surface area contributed by atoms with Gasteiger partial charge >= 0.3 is 0 Å². The topological polar surface area (TPSA) is 17.1 Å². The van der Waals surface area contributed by atoms with Crippen LogP contribution in [0.25, 0.3) is 0 Å². The van der Waals surface area contributed by atoms with Gasteiger partial charge in [0.05, 0.1) is 0 Å². The Morgan fingerprint density at radius 3 is 3.08 bits per heavy atom. The summed E-state index contributed by atoms with van der Waals surface area (Å²) in [4.78, 5) is 11.3. The van der Waals surface area contributed by atoms with E-state index in [0.717, 1.165) is 25.2 Å². The molecule has 1 unspecified atom stereocenters. The Morgan fingerprint density at radius 2 is 2.25 bits per heavy atom. The van der Waals surface area contributed by atoms with Crippen molar-refractivity contribution in [2.24, 2.45) is 11.8 Å². The smallest absolute Gasteiger partial charge is 0.133 e. The van der Waals surface area contributed by atoms with Crippen molar-refractivity contribution in [3.8, 4) is 0 Å². The Kier molecular flexibility index (Phi) is 2.03. The second kappa shape index (κ2) is 3.04. The highest BCUT2D eigenvalue weighted by molar-refractivity contribution is 5.79. The zero-order valence-electron chi connectivity index (χ0n) is 7.68. The third-order valence-electron chi connectivity index (χ3n) is 3.33. The number of carbonyl (C=O) groups is 1. The largest absolute Gasteiger partial charge is 0.300 e. The van der Waals surface area contributed by atoms with Crippen LogP contribution in [0.3, 0.4) is 0 Å². The van der Waals surface area contributed by atoms with E-state index in [9.17, 15) is 4.79 Å². The summed E-state index contributed by atoms with van der Waals surface area (Å²) in [6.45, 7) is 2.28. The third-order valence-corrected chi connectivity index (χ3v) is 3.33.